The molecule has 10 heteroatoms. The highest BCUT2D eigenvalue weighted by molar-refractivity contribution is 6.69. The van der Waals surface area contributed by atoms with Crippen LogP contribution in [0.1, 0.15) is 6.92 Å². The lowest BCUT2D eigenvalue weighted by atomic mass is 10.1. The van der Waals surface area contributed by atoms with E-state index in [1.165, 1.54) is 0 Å². The molecule has 0 amide bonds. The zero-order chi connectivity index (χ0) is 15.8. The number of rotatable bonds is 5. The van der Waals surface area contributed by atoms with E-state index in [9.17, 15) is 23.3 Å². The van der Waals surface area contributed by atoms with Gasteiger partial charge in [-0.3, -0.25) is 0 Å². The summed E-state index contributed by atoms with van der Waals surface area (Å²) in [6.07, 6.45) is -2.64. The third-order valence-electron chi connectivity index (χ3n) is 2.42. The highest BCUT2D eigenvalue weighted by Gasteiger charge is 2.54. The van der Waals surface area contributed by atoms with Crippen molar-refractivity contribution in [2.24, 2.45) is 0 Å². The molecule has 1 aromatic rings. The van der Waals surface area contributed by atoms with Gasteiger partial charge in [0, 0.05) is 0 Å². The molecule has 1 unspecified atom stereocenters. The minimum absolute atomic E-state index is 0.498. The summed E-state index contributed by atoms with van der Waals surface area (Å²) in [7, 11) is -2.46. The van der Waals surface area contributed by atoms with Crippen LogP contribution in [0, 0.1) is 10.1 Å². The molecule has 1 rings (SSSR count). The van der Waals surface area contributed by atoms with E-state index in [1.807, 2.05) is 0 Å². The first-order valence-corrected chi connectivity index (χ1v) is 9.18. The Kier molecular flexibility index (Phi) is 4.30. The zero-order valence-electron chi connectivity index (χ0n) is 11.6. The van der Waals surface area contributed by atoms with Crippen molar-refractivity contribution in [1.82, 2.24) is 9.55 Å². The van der Waals surface area contributed by atoms with Gasteiger partial charge in [-0.2, -0.15) is 13.2 Å². The Bertz CT molecular complexity index is 498. The maximum Gasteiger partial charge on any atom is 0.417 e. The van der Waals surface area contributed by atoms with Crippen LogP contribution in [0.4, 0.5) is 19.0 Å². The molecule has 114 valence electrons. The van der Waals surface area contributed by atoms with Crippen molar-refractivity contribution in [3.8, 4) is 0 Å². The first-order valence-electron chi connectivity index (χ1n) is 5.77. The number of aromatic nitrogens is 2. The smallest absolute Gasteiger partial charge is 0.403 e. The van der Waals surface area contributed by atoms with Gasteiger partial charge in [0.05, 0.1) is 6.54 Å². The zero-order valence-corrected chi connectivity index (χ0v) is 12.6. The Labute approximate surface area is 114 Å². The largest absolute Gasteiger partial charge is 0.417 e. The number of nitrogens with zero attached hydrogens (tertiary/aromatic N) is 3. The van der Waals surface area contributed by atoms with E-state index in [2.05, 4.69) is 4.98 Å². The predicted octanol–water partition coefficient (Wildman–Crippen LogP) is 2.96. The summed E-state index contributed by atoms with van der Waals surface area (Å²) in [6, 6.07) is 0. The van der Waals surface area contributed by atoms with E-state index < -0.39 is 37.4 Å². The lowest BCUT2D eigenvalue weighted by Gasteiger charge is -2.37. The van der Waals surface area contributed by atoms with E-state index in [4.69, 9.17) is 4.43 Å². The molecule has 0 saturated heterocycles. The molecular formula is C10H16F3N3O3Si. The summed E-state index contributed by atoms with van der Waals surface area (Å²) in [6.45, 7) is 5.30. The third-order valence-corrected chi connectivity index (χ3v) is 3.48. The van der Waals surface area contributed by atoms with Crippen LogP contribution in [0.15, 0.2) is 12.5 Å². The molecule has 20 heavy (non-hydrogen) atoms. The highest BCUT2D eigenvalue weighted by Crippen LogP contribution is 2.37. The van der Waals surface area contributed by atoms with Gasteiger partial charge in [-0.1, -0.05) is 0 Å². The molecule has 0 fully saturated rings. The molecule has 0 saturated carbocycles. The van der Waals surface area contributed by atoms with Crippen LogP contribution in [0.5, 0.6) is 0 Å². The van der Waals surface area contributed by atoms with Gasteiger partial charge in [0.25, 0.3) is 0 Å². The van der Waals surface area contributed by atoms with Gasteiger partial charge in [0.2, 0.25) is 6.33 Å². The summed E-state index contributed by atoms with van der Waals surface area (Å²) >= 11 is 0. The maximum atomic E-state index is 13.2. The topological polar surface area (TPSA) is 70.2 Å². The number of hydrogen-bond donors (Lipinski definition) is 0. The number of hydrogen-bond acceptors (Lipinski definition) is 4. The fraction of sp³-hybridized carbons (Fsp3) is 0.700. The summed E-state index contributed by atoms with van der Waals surface area (Å²) in [5.41, 5.74) is -2.41. The van der Waals surface area contributed by atoms with Gasteiger partial charge in [0.15, 0.2) is 13.9 Å². The van der Waals surface area contributed by atoms with E-state index >= 15 is 0 Å². The van der Waals surface area contributed by atoms with Gasteiger partial charge < -0.3 is 19.1 Å². The van der Waals surface area contributed by atoms with Crippen LogP contribution in [-0.2, 0) is 11.0 Å². The first-order chi connectivity index (χ1) is 8.84. The molecule has 0 N–H and O–H groups in total. The average Bonchev–Trinajstić information content (AvgIpc) is 2.60. The molecule has 0 aromatic carbocycles. The van der Waals surface area contributed by atoms with Crippen molar-refractivity contribution < 1.29 is 22.5 Å². The van der Waals surface area contributed by atoms with Gasteiger partial charge in [-0.25, -0.2) is 0 Å². The molecule has 0 radical (unpaired) electrons. The number of halogens is 3. The average molecular weight is 311 g/mol. The molecule has 6 nitrogen and oxygen atoms in total. The molecule has 1 aromatic heterocycles. The molecule has 1 heterocycles. The van der Waals surface area contributed by atoms with Crippen LogP contribution < -0.4 is 0 Å². The second kappa shape index (κ2) is 5.17. The summed E-state index contributed by atoms with van der Waals surface area (Å²) in [5.74, 6) is -0.498. The SMILES string of the molecule is CC(Cn1cnc([N+](=O)[O-])c1)(O[Si](C)(C)C)C(F)(F)F. The monoisotopic (exact) mass is 311 g/mol. The molecule has 1 atom stereocenters. The standard InChI is InChI=1S/C10H16F3N3O3Si/c1-9(10(11,12)13,19-20(2,3)4)6-15-5-8(14-7-15)16(17)18/h5,7H,6H2,1-4H3. The Balaban J connectivity index is 3.03. The summed E-state index contributed by atoms with van der Waals surface area (Å²) < 4.78 is 45.9. The molecule has 0 bridgehead atoms. The number of nitro groups is 1. The minimum Gasteiger partial charge on any atom is -0.403 e. The van der Waals surface area contributed by atoms with Gasteiger partial charge in [0.1, 0.15) is 6.20 Å². The van der Waals surface area contributed by atoms with E-state index in [0.29, 0.717) is 0 Å². The number of imidazole rings is 1. The van der Waals surface area contributed by atoms with Crippen LogP contribution in [0.2, 0.25) is 19.6 Å². The Morgan fingerprint density at radius 2 is 2.00 bits per heavy atom. The highest BCUT2D eigenvalue weighted by atomic mass is 28.4. The number of alkyl halides is 3. The van der Waals surface area contributed by atoms with Crippen LogP contribution in [0.25, 0.3) is 0 Å². The predicted molar refractivity (Wildman–Crippen MR) is 67.8 cm³/mol. The first kappa shape index (κ1) is 16.6. The van der Waals surface area contributed by atoms with Crippen molar-refractivity contribution in [1.29, 1.82) is 0 Å². The molecule has 0 aliphatic heterocycles. The molecule has 0 spiro atoms. The molecule has 0 aliphatic carbocycles. The lowest BCUT2D eigenvalue weighted by molar-refractivity contribution is -0.389. The van der Waals surface area contributed by atoms with E-state index in [0.717, 1.165) is 24.0 Å². The van der Waals surface area contributed by atoms with Crippen LogP contribution in [0.3, 0.4) is 0 Å². The van der Waals surface area contributed by atoms with Gasteiger partial charge in [-0.05, 0) is 36.5 Å². The van der Waals surface area contributed by atoms with E-state index in [1.54, 1.807) is 19.6 Å². The Morgan fingerprint density at radius 1 is 1.45 bits per heavy atom. The lowest BCUT2D eigenvalue weighted by Crippen LogP contribution is -2.53. The van der Waals surface area contributed by atoms with E-state index in [-0.39, 0.29) is 0 Å². The quantitative estimate of drug-likeness (QED) is 0.476. The van der Waals surface area contributed by atoms with Crippen molar-refractivity contribution in [3.63, 3.8) is 0 Å². The van der Waals surface area contributed by atoms with Crippen LogP contribution in [-0.4, -0.2) is 34.6 Å². The summed E-state index contributed by atoms with van der Waals surface area (Å²) in [4.78, 5) is 13.2. The Morgan fingerprint density at radius 3 is 2.35 bits per heavy atom. The fourth-order valence-corrected chi connectivity index (χ4v) is 3.26. The molecular weight excluding hydrogens is 295 g/mol. The maximum absolute atomic E-state index is 13.2. The second-order valence-corrected chi connectivity index (χ2v) is 10.0. The molecule has 0 aliphatic rings. The van der Waals surface area contributed by atoms with Gasteiger partial charge >= 0.3 is 12.0 Å². The van der Waals surface area contributed by atoms with Crippen molar-refractivity contribution in [2.75, 3.05) is 0 Å². The fourth-order valence-electron chi connectivity index (χ4n) is 1.73. The van der Waals surface area contributed by atoms with Crippen molar-refractivity contribution in [3.05, 3.63) is 22.6 Å². The second-order valence-electron chi connectivity index (χ2n) is 5.60. The minimum atomic E-state index is -4.59. The van der Waals surface area contributed by atoms with Gasteiger partial charge in [-0.15, -0.1) is 0 Å². The van der Waals surface area contributed by atoms with Crippen LogP contribution >= 0.6 is 0 Å². The third kappa shape index (κ3) is 4.03. The normalized spacial score (nSPS) is 15.9. The summed E-state index contributed by atoms with van der Waals surface area (Å²) in [5, 5.41) is 10.5. The van der Waals surface area contributed by atoms with Crippen molar-refractivity contribution in [2.45, 2.75) is 44.9 Å². The van der Waals surface area contributed by atoms with Crippen molar-refractivity contribution >= 4 is 14.1 Å². The Hall–Kier alpha value is -1.42.